The Morgan fingerprint density at radius 2 is 2.36 bits per heavy atom. The molecule has 11 heavy (non-hydrogen) atoms. The van der Waals surface area contributed by atoms with Gasteiger partial charge >= 0.3 is 0 Å². The summed E-state index contributed by atoms with van der Waals surface area (Å²) < 4.78 is 0. The molecule has 1 fully saturated rings. The molecule has 0 spiro atoms. The molecular formula is C9H8N2. The number of nitrogens with zero attached hydrogens (tertiary/aromatic N) is 2. The normalized spacial score (nSPS) is 15.9. The molecule has 0 unspecified atom stereocenters. The lowest BCUT2D eigenvalue weighted by Crippen LogP contribution is -1.84. The maximum atomic E-state index is 8.55. The van der Waals surface area contributed by atoms with Crippen LogP contribution in [0.5, 0.6) is 0 Å². The number of hydrogen-bond donors (Lipinski definition) is 0. The van der Waals surface area contributed by atoms with Crippen LogP contribution in [0.4, 0.5) is 0 Å². The van der Waals surface area contributed by atoms with Gasteiger partial charge in [-0.15, -0.1) is 0 Å². The fraction of sp³-hybridized carbons (Fsp3) is 0.333. The lowest BCUT2D eigenvalue weighted by Gasteiger charge is -1.94. The van der Waals surface area contributed by atoms with Gasteiger partial charge in [-0.05, 0) is 36.5 Å². The third kappa shape index (κ3) is 1.22. The fourth-order valence-corrected chi connectivity index (χ4v) is 1.18. The van der Waals surface area contributed by atoms with Crippen molar-refractivity contribution in [1.82, 2.24) is 4.98 Å². The minimum absolute atomic E-state index is 0.536. The largest absolute Gasteiger partial charge is 0.246 e. The van der Waals surface area contributed by atoms with Crippen molar-refractivity contribution in [3.8, 4) is 6.07 Å². The highest BCUT2D eigenvalue weighted by atomic mass is 14.7. The predicted octanol–water partition coefficient (Wildman–Crippen LogP) is 1.83. The van der Waals surface area contributed by atoms with Crippen molar-refractivity contribution < 1.29 is 0 Å². The molecule has 0 aromatic carbocycles. The third-order valence-corrected chi connectivity index (χ3v) is 1.95. The summed E-state index contributed by atoms with van der Waals surface area (Å²) in [5, 5.41) is 8.55. The number of hydrogen-bond acceptors (Lipinski definition) is 2. The van der Waals surface area contributed by atoms with E-state index >= 15 is 0 Å². The van der Waals surface area contributed by atoms with E-state index in [0.717, 1.165) is 0 Å². The van der Waals surface area contributed by atoms with Gasteiger partial charge in [0.15, 0.2) is 0 Å². The number of rotatable bonds is 1. The van der Waals surface area contributed by atoms with E-state index < -0.39 is 0 Å². The number of nitriles is 1. The summed E-state index contributed by atoms with van der Waals surface area (Å²) in [6.45, 7) is 0. The molecule has 0 amide bonds. The molecule has 1 aliphatic rings. The molecule has 0 radical (unpaired) electrons. The van der Waals surface area contributed by atoms with Crippen molar-refractivity contribution in [2.75, 3.05) is 0 Å². The molecule has 54 valence electrons. The van der Waals surface area contributed by atoms with Gasteiger partial charge in [-0.3, -0.25) is 0 Å². The Morgan fingerprint density at radius 1 is 1.55 bits per heavy atom. The molecule has 2 heteroatoms. The zero-order valence-corrected chi connectivity index (χ0v) is 6.12. The number of aromatic nitrogens is 1. The zero-order chi connectivity index (χ0) is 7.68. The minimum Gasteiger partial charge on any atom is -0.246 e. The fourth-order valence-electron chi connectivity index (χ4n) is 1.18. The SMILES string of the molecule is N#Cc1cc(C2CC2)ccn1. The Balaban J connectivity index is 2.35. The first-order valence-electron chi connectivity index (χ1n) is 3.76. The van der Waals surface area contributed by atoms with E-state index in [0.29, 0.717) is 11.6 Å². The monoisotopic (exact) mass is 144 g/mol. The van der Waals surface area contributed by atoms with E-state index in [4.69, 9.17) is 5.26 Å². The van der Waals surface area contributed by atoms with Crippen LogP contribution in [-0.2, 0) is 0 Å². The van der Waals surface area contributed by atoms with Crippen molar-refractivity contribution in [2.24, 2.45) is 0 Å². The maximum absolute atomic E-state index is 8.55. The second-order valence-corrected chi connectivity index (χ2v) is 2.86. The van der Waals surface area contributed by atoms with E-state index in [-0.39, 0.29) is 0 Å². The third-order valence-electron chi connectivity index (χ3n) is 1.95. The molecule has 1 saturated carbocycles. The van der Waals surface area contributed by atoms with E-state index in [2.05, 4.69) is 4.98 Å². The van der Waals surface area contributed by atoms with Gasteiger partial charge in [0, 0.05) is 6.20 Å². The van der Waals surface area contributed by atoms with Gasteiger partial charge in [-0.2, -0.15) is 5.26 Å². The Morgan fingerprint density at radius 3 is 3.00 bits per heavy atom. The van der Waals surface area contributed by atoms with Gasteiger partial charge < -0.3 is 0 Å². The highest BCUT2D eigenvalue weighted by Crippen LogP contribution is 2.39. The second-order valence-electron chi connectivity index (χ2n) is 2.86. The average Bonchev–Trinajstić information content (AvgIpc) is 2.87. The average molecular weight is 144 g/mol. The van der Waals surface area contributed by atoms with Crippen LogP contribution >= 0.6 is 0 Å². The van der Waals surface area contributed by atoms with E-state index in [1.807, 2.05) is 18.2 Å². The maximum Gasteiger partial charge on any atom is 0.140 e. The topological polar surface area (TPSA) is 36.7 Å². The Kier molecular flexibility index (Phi) is 1.36. The highest BCUT2D eigenvalue weighted by molar-refractivity contribution is 5.29. The van der Waals surface area contributed by atoms with Crippen LogP contribution < -0.4 is 0 Å². The van der Waals surface area contributed by atoms with E-state index in [1.54, 1.807) is 6.20 Å². The van der Waals surface area contributed by atoms with Crippen molar-refractivity contribution in [1.29, 1.82) is 5.26 Å². The first kappa shape index (κ1) is 6.36. The minimum atomic E-state index is 0.536. The van der Waals surface area contributed by atoms with Gasteiger partial charge in [0.05, 0.1) is 0 Å². The van der Waals surface area contributed by atoms with Crippen molar-refractivity contribution in [3.63, 3.8) is 0 Å². The molecule has 1 aromatic rings. The molecule has 2 nitrogen and oxygen atoms in total. The Bertz CT molecular complexity index is 308. The molecule has 0 saturated heterocycles. The first-order valence-corrected chi connectivity index (χ1v) is 3.76. The molecule has 0 N–H and O–H groups in total. The molecule has 1 aromatic heterocycles. The van der Waals surface area contributed by atoms with Gasteiger partial charge in [0.2, 0.25) is 0 Å². The van der Waals surface area contributed by atoms with Crippen LogP contribution in [0.15, 0.2) is 18.3 Å². The molecular weight excluding hydrogens is 136 g/mol. The van der Waals surface area contributed by atoms with Crippen LogP contribution in [-0.4, -0.2) is 4.98 Å². The zero-order valence-electron chi connectivity index (χ0n) is 6.12. The van der Waals surface area contributed by atoms with Gasteiger partial charge in [-0.1, -0.05) is 0 Å². The van der Waals surface area contributed by atoms with Crippen LogP contribution in [0.2, 0.25) is 0 Å². The summed E-state index contributed by atoms with van der Waals surface area (Å²) in [5.41, 5.74) is 1.81. The molecule has 1 aliphatic carbocycles. The molecule has 1 heterocycles. The number of pyridine rings is 1. The molecule has 0 bridgehead atoms. The first-order chi connectivity index (χ1) is 5.40. The molecule has 0 aliphatic heterocycles. The lowest BCUT2D eigenvalue weighted by molar-refractivity contribution is 1.10. The van der Waals surface area contributed by atoms with E-state index in [9.17, 15) is 0 Å². The standard InChI is InChI=1S/C9H8N2/c10-6-9-5-8(3-4-11-9)7-1-2-7/h3-5,7H,1-2H2. The summed E-state index contributed by atoms with van der Waals surface area (Å²) in [6.07, 6.45) is 4.26. The predicted molar refractivity (Wildman–Crippen MR) is 40.9 cm³/mol. The molecule has 0 atom stereocenters. The van der Waals surface area contributed by atoms with Crippen LogP contribution in [0.3, 0.4) is 0 Å². The smallest absolute Gasteiger partial charge is 0.140 e. The van der Waals surface area contributed by atoms with Crippen molar-refractivity contribution >= 4 is 0 Å². The summed E-state index contributed by atoms with van der Waals surface area (Å²) in [5.74, 6) is 0.713. The van der Waals surface area contributed by atoms with E-state index in [1.165, 1.54) is 18.4 Å². The van der Waals surface area contributed by atoms with Crippen molar-refractivity contribution in [3.05, 3.63) is 29.6 Å². The summed E-state index contributed by atoms with van der Waals surface area (Å²) in [7, 11) is 0. The van der Waals surface area contributed by atoms with Gasteiger partial charge in [-0.25, -0.2) is 4.98 Å². The summed E-state index contributed by atoms with van der Waals surface area (Å²) in [6, 6.07) is 5.92. The lowest BCUT2D eigenvalue weighted by atomic mass is 10.1. The Hall–Kier alpha value is -1.36. The van der Waals surface area contributed by atoms with Crippen LogP contribution in [0.1, 0.15) is 30.0 Å². The second kappa shape index (κ2) is 2.35. The molecule has 2 rings (SSSR count). The Labute approximate surface area is 65.5 Å². The van der Waals surface area contributed by atoms with Crippen molar-refractivity contribution in [2.45, 2.75) is 18.8 Å². The van der Waals surface area contributed by atoms with Crippen LogP contribution in [0, 0.1) is 11.3 Å². The quantitative estimate of drug-likeness (QED) is 0.603. The van der Waals surface area contributed by atoms with Gasteiger partial charge in [0.1, 0.15) is 11.8 Å². The van der Waals surface area contributed by atoms with Gasteiger partial charge in [0.25, 0.3) is 0 Å². The summed E-state index contributed by atoms with van der Waals surface area (Å²) >= 11 is 0. The van der Waals surface area contributed by atoms with Crippen LogP contribution in [0.25, 0.3) is 0 Å². The summed E-state index contributed by atoms with van der Waals surface area (Å²) in [4.78, 5) is 3.91. The highest BCUT2D eigenvalue weighted by Gasteiger charge is 2.23.